The average Bonchev–Trinajstić information content (AvgIpc) is 3.35. The molecule has 0 atom stereocenters. The van der Waals surface area contributed by atoms with E-state index in [9.17, 15) is 22.8 Å². The van der Waals surface area contributed by atoms with Crippen molar-refractivity contribution in [2.24, 2.45) is 0 Å². The fraction of sp³-hybridized carbons (Fsp3) is 0.107. The molecule has 3 aromatic carbocycles. The number of hydrogen-bond donors (Lipinski definition) is 0. The normalized spacial score (nSPS) is 11.5. The molecule has 0 spiro atoms. The van der Waals surface area contributed by atoms with Crippen molar-refractivity contribution < 1.29 is 32.2 Å². The van der Waals surface area contributed by atoms with E-state index in [1.54, 1.807) is 66.7 Å². The highest BCUT2D eigenvalue weighted by molar-refractivity contribution is 7.06. The lowest BCUT2D eigenvalue weighted by atomic mass is 9.95. The molecule has 0 aliphatic carbocycles. The second-order valence-corrected chi connectivity index (χ2v) is 9.15. The molecule has 0 unspecified atom stereocenters. The van der Waals surface area contributed by atoms with Gasteiger partial charge in [0.25, 0.3) is 0 Å². The quantitative estimate of drug-likeness (QED) is 0.126. The summed E-state index contributed by atoms with van der Waals surface area (Å²) in [6.07, 6.45) is -1.14. The van der Waals surface area contributed by atoms with Crippen LogP contribution < -0.4 is 4.74 Å². The molecule has 0 aliphatic rings. The maximum absolute atomic E-state index is 13.7. The summed E-state index contributed by atoms with van der Waals surface area (Å²) in [5.41, 5.74) is 2.68. The molecule has 194 valence electrons. The summed E-state index contributed by atoms with van der Waals surface area (Å²) in [5, 5.41) is 0.446. The van der Waals surface area contributed by atoms with Crippen molar-refractivity contribution >= 4 is 41.5 Å². The highest BCUT2D eigenvalue weighted by Gasteiger charge is 2.38. The number of carbonyl (C=O) groups is 2. The number of nitrogens with zero attached hydrogens (tertiary/aromatic N) is 1. The van der Waals surface area contributed by atoms with Crippen LogP contribution in [-0.4, -0.2) is 23.7 Å². The minimum Gasteiger partial charge on any atom is -0.489 e. The summed E-state index contributed by atoms with van der Waals surface area (Å²) in [4.78, 5) is 22.6. The number of ether oxygens (including phenoxy) is 2. The van der Waals surface area contributed by atoms with Crippen molar-refractivity contribution in [1.82, 2.24) is 4.37 Å². The Morgan fingerprint density at radius 3 is 2.42 bits per heavy atom. The van der Waals surface area contributed by atoms with Crippen LogP contribution in [0.4, 0.5) is 13.2 Å². The van der Waals surface area contributed by atoms with Gasteiger partial charge < -0.3 is 9.47 Å². The predicted octanol–water partition coefficient (Wildman–Crippen LogP) is 7.73. The molecule has 4 rings (SSSR count). The van der Waals surface area contributed by atoms with E-state index in [2.05, 4.69) is 9.11 Å². The molecule has 1 aromatic heterocycles. The lowest BCUT2D eigenvalue weighted by Crippen LogP contribution is -2.08. The van der Waals surface area contributed by atoms with Crippen LogP contribution in [0.1, 0.15) is 26.4 Å². The van der Waals surface area contributed by atoms with Crippen molar-refractivity contribution in [2.75, 3.05) is 7.11 Å². The average molecular weight is 558 g/mol. The largest absolute Gasteiger partial charge is 0.489 e. The summed E-state index contributed by atoms with van der Waals surface area (Å²) >= 11 is 6.27. The summed E-state index contributed by atoms with van der Waals surface area (Å²) < 4.78 is 55.5. The fourth-order valence-corrected chi connectivity index (χ4v) is 4.64. The van der Waals surface area contributed by atoms with Crippen LogP contribution in [0.3, 0.4) is 0 Å². The summed E-state index contributed by atoms with van der Waals surface area (Å²) in [5.74, 6) is -0.321. The highest BCUT2D eigenvalue weighted by Crippen LogP contribution is 2.40. The zero-order valence-corrected chi connectivity index (χ0v) is 21.4. The summed E-state index contributed by atoms with van der Waals surface area (Å²) in [6, 6.07) is 18.1. The first-order valence-electron chi connectivity index (χ1n) is 11.1. The Hall–Kier alpha value is -3.95. The van der Waals surface area contributed by atoms with E-state index in [1.165, 1.54) is 19.3 Å². The van der Waals surface area contributed by atoms with Gasteiger partial charge in [-0.05, 0) is 64.6 Å². The van der Waals surface area contributed by atoms with Gasteiger partial charge in [0.05, 0.1) is 12.8 Å². The van der Waals surface area contributed by atoms with Gasteiger partial charge >= 0.3 is 12.1 Å². The number of benzene rings is 3. The zero-order valence-electron chi connectivity index (χ0n) is 19.8. The maximum Gasteiger partial charge on any atom is 0.427 e. The van der Waals surface area contributed by atoms with Gasteiger partial charge in [0.15, 0.2) is 6.29 Å². The molecule has 0 saturated heterocycles. The van der Waals surface area contributed by atoms with E-state index in [-0.39, 0.29) is 22.6 Å². The lowest BCUT2D eigenvalue weighted by Gasteiger charge is -2.13. The maximum atomic E-state index is 13.7. The molecule has 0 amide bonds. The van der Waals surface area contributed by atoms with E-state index in [1.807, 2.05) is 0 Å². The third-order valence-electron chi connectivity index (χ3n) is 5.55. The highest BCUT2D eigenvalue weighted by atomic mass is 35.5. The number of aromatic nitrogens is 1. The number of aldehydes is 1. The smallest absolute Gasteiger partial charge is 0.427 e. The van der Waals surface area contributed by atoms with Gasteiger partial charge in [-0.3, -0.25) is 4.79 Å². The molecule has 0 bridgehead atoms. The lowest BCUT2D eigenvalue weighted by molar-refractivity contribution is -0.135. The van der Waals surface area contributed by atoms with Gasteiger partial charge in [-0.1, -0.05) is 48.0 Å². The first-order chi connectivity index (χ1) is 18.2. The van der Waals surface area contributed by atoms with Gasteiger partial charge in [0.2, 0.25) is 0 Å². The van der Waals surface area contributed by atoms with Crippen LogP contribution >= 0.6 is 23.1 Å². The topological polar surface area (TPSA) is 65.5 Å². The fourth-order valence-electron chi connectivity index (χ4n) is 3.74. The molecule has 0 radical (unpaired) electrons. The van der Waals surface area contributed by atoms with E-state index in [4.69, 9.17) is 16.3 Å². The van der Waals surface area contributed by atoms with Crippen LogP contribution in [0.5, 0.6) is 5.75 Å². The SMILES string of the molecule is COC(=O)/C=C/c1ccccc1-c1ccc(OCc2c(-c3ccc(Cl)cc3)nsc2C(F)(F)F)cc1C=O. The Balaban J connectivity index is 1.65. The Morgan fingerprint density at radius 2 is 1.74 bits per heavy atom. The Bertz CT molecular complexity index is 1500. The molecule has 4 aromatic rings. The minimum atomic E-state index is -4.61. The van der Waals surface area contributed by atoms with E-state index in [0.29, 0.717) is 45.1 Å². The predicted molar refractivity (Wildman–Crippen MR) is 140 cm³/mol. The summed E-state index contributed by atoms with van der Waals surface area (Å²) in [7, 11) is 1.27. The van der Waals surface area contributed by atoms with Crippen molar-refractivity contribution in [1.29, 1.82) is 0 Å². The zero-order chi connectivity index (χ0) is 27.3. The van der Waals surface area contributed by atoms with Crippen molar-refractivity contribution in [3.8, 4) is 28.1 Å². The van der Waals surface area contributed by atoms with Gasteiger partial charge in [0, 0.05) is 27.8 Å². The number of hydrogen-bond acceptors (Lipinski definition) is 6. The molecular formula is C28H19ClF3NO4S. The third-order valence-corrected chi connectivity index (χ3v) is 6.73. The second-order valence-electron chi connectivity index (χ2n) is 7.94. The Morgan fingerprint density at radius 1 is 1.03 bits per heavy atom. The number of methoxy groups -OCH3 is 1. The molecule has 0 aliphatic heterocycles. The molecular weight excluding hydrogens is 539 g/mol. The second kappa shape index (κ2) is 11.6. The standard InChI is InChI=1S/C28H19ClF3NO4S/c1-36-25(35)13-8-17-4-2-3-5-22(17)23-12-11-21(14-19(23)15-34)37-16-24-26(18-6-9-20(29)10-7-18)33-38-27(24)28(30,31)32/h2-15H,16H2,1H3/b13-8+. The van der Waals surface area contributed by atoms with E-state index >= 15 is 0 Å². The Kier molecular flexibility index (Phi) is 8.29. The number of halogens is 4. The minimum absolute atomic E-state index is 0.111. The van der Waals surface area contributed by atoms with Crippen LogP contribution in [-0.2, 0) is 22.3 Å². The monoisotopic (exact) mass is 557 g/mol. The summed E-state index contributed by atoms with van der Waals surface area (Å²) in [6.45, 7) is -0.417. The van der Waals surface area contributed by atoms with Crippen LogP contribution in [0.25, 0.3) is 28.5 Å². The third kappa shape index (κ3) is 6.12. The van der Waals surface area contributed by atoms with Crippen molar-refractivity contribution in [3.63, 3.8) is 0 Å². The van der Waals surface area contributed by atoms with Crippen LogP contribution in [0, 0.1) is 0 Å². The van der Waals surface area contributed by atoms with Crippen molar-refractivity contribution in [3.05, 3.63) is 99.4 Å². The molecule has 0 saturated carbocycles. The Labute approximate surface area is 225 Å². The van der Waals surface area contributed by atoms with Gasteiger partial charge in [-0.15, -0.1) is 0 Å². The number of carbonyl (C=O) groups excluding carboxylic acids is 2. The first kappa shape index (κ1) is 27.1. The number of rotatable bonds is 8. The van der Waals surface area contributed by atoms with Gasteiger partial charge in [-0.25, -0.2) is 4.79 Å². The number of alkyl halides is 3. The first-order valence-corrected chi connectivity index (χ1v) is 12.3. The van der Waals surface area contributed by atoms with Crippen LogP contribution in [0.15, 0.2) is 72.8 Å². The van der Waals surface area contributed by atoms with Gasteiger partial charge in [-0.2, -0.15) is 17.5 Å². The van der Waals surface area contributed by atoms with Crippen molar-refractivity contribution in [2.45, 2.75) is 12.8 Å². The molecule has 38 heavy (non-hydrogen) atoms. The molecule has 0 fully saturated rings. The van der Waals surface area contributed by atoms with Gasteiger partial charge in [0.1, 0.15) is 17.2 Å². The number of esters is 1. The molecule has 10 heteroatoms. The van der Waals surface area contributed by atoms with E-state index < -0.39 is 23.6 Å². The molecule has 0 N–H and O–H groups in total. The van der Waals surface area contributed by atoms with E-state index in [0.717, 1.165) is 0 Å². The van der Waals surface area contributed by atoms with Crippen LogP contribution in [0.2, 0.25) is 5.02 Å². The molecule has 1 heterocycles. The molecule has 5 nitrogen and oxygen atoms in total.